The lowest BCUT2D eigenvalue weighted by Gasteiger charge is -2.35. The van der Waals surface area contributed by atoms with Crippen LogP contribution in [0.3, 0.4) is 0 Å². The highest BCUT2D eigenvalue weighted by molar-refractivity contribution is 5.84. The number of alkyl halides is 4. The minimum Gasteiger partial charge on any atom is -0.337 e. The molecule has 0 unspecified atom stereocenters. The maximum atomic E-state index is 13.0. The van der Waals surface area contributed by atoms with Crippen LogP contribution in [0.1, 0.15) is 26.7 Å². The number of amides is 1. The zero-order valence-electron chi connectivity index (χ0n) is 11.9. The van der Waals surface area contributed by atoms with Gasteiger partial charge in [-0.2, -0.15) is 8.78 Å². The fourth-order valence-electron chi connectivity index (χ4n) is 2.47. The average Bonchev–Trinajstić information content (AvgIpc) is 2.44. The molecule has 118 valence electrons. The molecule has 1 rings (SSSR count). The van der Waals surface area contributed by atoms with Gasteiger partial charge in [-0.3, -0.25) is 4.79 Å². The van der Waals surface area contributed by atoms with E-state index in [1.165, 1.54) is 0 Å². The third kappa shape index (κ3) is 4.07. The highest BCUT2D eigenvalue weighted by Gasteiger charge is 2.51. The quantitative estimate of drug-likeness (QED) is 0.703. The Labute approximate surface area is 116 Å². The van der Waals surface area contributed by atoms with E-state index in [2.05, 4.69) is 4.90 Å². The first-order valence-corrected chi connectivity index (χ1v) is 7.00. The van der Waals surface area contributed by atoms with Gasteiger partial charge < -0.3 is 9.80 Å². The highest BCUT2D eigenvalue weighted by atomic mass is 19.3. The van der Waals surface area contributed by atoms with Crippen LogP contribution < -0.4 is 0 Å². The van der Waals surface area contributed by atoms with E-state index >= 15 is 0 Å². The lowest BCUT2D eigenvalue weighted by atomic mass is 9.95. The summed E-state index contributed by atoms with van der Waals surface area (Å²) in [6, 6.07) is 0. The minimum absolute atomic E-state index is 0.132. The molecule has 1 heterocycles. The van der Waals surface area contributed by atoms with Crippen molar-refractivity contribution in [2.75, 3.05) is 32.7 Å². The van der Waals surface area contributed by atoms with Crippen molar-refractivity contribution in [1.82, 2.24) is 9.80 Å². The Bertz CT molecular complexity index is 313. The topological polar surface area (TPSA) is 23.6 Å². The summed E-state index contributed by atoms with van der Waals surface area (Å²) in [5.41, 5.74) is 0. The van der Waals surface area contributed by atoms with Gasteiger partial charge in [-0.05, 0) is 31.8 Å². The van der Waals surface area contributed by atoms with Gasteiger partial charge in [0.2, 0.25) is 0 Å². The van der Waals surface area contributed by atoms with Gasteiger partial charge in [0.05, 0.1) is 0 Å². The number of nitrogens with zero attached hydrogens (tertiary/aromatic N) is 2. The maximum Gasteiger partial charge on any atom is 0.383 e. The number of hydrogen-bond donors (Lipinski definition) is 0. The van der Waals surface area contributed by atoms with Crippen LogP contribution in [0.15, 0.2) is 0 Å². The number of hydrogen-bond acceptors (Lipinski definition) is 2. The van der Waals surface area contributed by atoms with Crippen molar-refractivity contribution >= 4 is 5.91 Å². The van der Waals surface area contributed by atoms with Crippen molar-refractivity contribution in [2.24, 2.45) is 5.92 Å². The number of piperidine rings is 1. The van der Waals surface area contributed by atoms with Crippen LogP contribution in [0.2, 0.25) is 0 Å². The summed E-state index contributed by atoms with van der Waals surface area (Å²) in [4.78, 5) is 14.5. The normalized spacial score (nSPS) is 18.1. The first kappa shape index (κ1) is 17.2. The second-order valence-electron chi connectivity index (χ2n) is 5.15. The SMILES string of the molecule is CCN(CC)CC1CCN(C(=O)C(F)(F)C(F)F)CC1. The third-order valence-electron chi connectivity index (χ3n) is 3.87. The van der Waals surface area contributed by atoms with E-state index in [1.807, 2.05) is 13.8 Å². The summed E-state index contributed by atoms with van der Waals surface area (Å²) in [5, 5.41) is 0. The molecular weight excluding hydrogens is 276 g/mol. The van der Waals surface area contributed by atoms with E-state index in [9.17, 15) is 22.4 Å². The second kappa shape index (κ2) is 7.24. The Morgan fingerprint density at radius 3 is 2.15 bits per heavy atom. The lowest BCUT2D eigenvalue weighted by molar-refractivity contribution is -0.181. The Kier molecular flexibility index (Phi) is 6.23. The van der Waals surface area contributed by atoms with E-state index in [4.69, 9.17) is 0 Å². The van der Waals surface area contributed by atoms with Gasteiger partial charge in [0.1, 0.15) is 0 Å². The molecule has 0 aromatic heterocycles. The molecule has 7 heteroatoms. The Balaban J connectivity index is 2.48. The fourth-order valence-corrected chi connectivity index (χ4v) is 2.47. The highest BCUT2D eigenvalue weighted by Crippen LogP contribution is 2.28. The maximum absolute atomic E-state index is 13.0. The van der Waals surface area contributed by atoms with Gasteiger partial charge in [-0.15, -0.1) is 0 Å². The fraction of sp³-hybridized carbons (Fsp3) is 0.923. The summed E-state index contributed by atoms with van der Waals surface area (Å²) in [7, 11) is 0. The molecule has 1 amide bonds. The van der Waals surface area contributed by atoms with Crippen molar-refractivity contribution in [1.29, 1.82) is 0 Å². The van der Waals surface area contributed by atoms with E-state index in [0.717, 1.165) is 24.5 Å². The zero-order valence-corrected chi connectivity index (χ0v) is 11.9. The average molecular weight is 298 g/mol. The molecule has 0 aromatic carbocycles. The summed E-state index contributed by atoms with van der Waals surface area (Å²) in [6.45, 7) is 7.05. The molecule has 1 aliphatic rings. The smallest absolute Gasteiger partial charge is 0.337 e. The number of likely N-dealkylation sites (tertiary alicyclic amines) is 1. The Morgan fingerprint density at radius 2 is 1.75 bits per heavy atom. The number of carbonyl (C=O) groups is 1. The molecule has 0 radical (unpaired) electrons. The van der Waals surface area contributed by atoms with E-state index in [0.29, 0.717) is 18.8 Å². The predicted octanol–water partition coefficient (Wildman–Crippen LogP) is 2.47. The van der Waals surface area contributed by atoms with Crippen LogP contribution in [-0.2, 0) is 4.79 Å². The van der Waals surface area contributed by atoms with Gasteiger partial charge in [0.15, 0.2) is 0 Å². The van der Waals surface area contributed by atoms with Crippen LogP contribution >= 0.6 is 0 Å². The van der Waals surface area contributed by atoms with Crippen molar-refractivity contribution in [3.63, 3.8) is 0 Å². The number of carbonyl (C=O) groups excluding carboxylic acids is 1. The molecule has 0 aromatic rings. The van der Waals surface area contributed by atoms with E-state index < -0.39 is 18.3 Å². The largest absolute Gasteiger partial charge is 0.383 e. The first-order valence-electron chi connectivity index (χ1n) is 7.00. The third-order valence-corrected chi connectivity index (χ3v) is 3.87. The first-order chi connectivity index (χ1) is 9.32. The summed E-state index contributed by atoms with van der Waals surface area (Å²) in [5.74, 6) is -5.97. The van der Waals surface area contributed by atoms with E-state index in [1.54, 1.807) is 0 Å². The van der Waals surface area contributed by atoms with Gasteiger partial charge in [-0.25, -0.2) is 8.78 Å². The van der Waals surface area contributed by atoms with Crippen LogP contribution in [0.25, 0.3) is 0 Å². The van der Waals surface area contributed by atoms with Gasteiger partial charge in [-0.1, -0.05) is 13.8 Å². The summed E-state index contributed by atoms with van der Waals surface area (Å²) in [6.07, 6.45) is -2.77. The molecule has 1 aliphatic heterocycles. The van der Waals surface area contributed by atoms with E-state index in [-0.39, 0.29) is 13.1 Å². The van der Waals surface area contributed by atoms with Crippen molar-refractivity contribution in [3.05, 3.63) is 0 Å². The monoisotopic (exact) mass is 298 g/mol. The van der Waals surface area contributed by atoms with Crippen LogP contribution in [0.4, 0.5) is 17.6 Å². The summed E-state index contributed by atoms with van der Waals surface area (Å²) >= 11 is 0. The molecule has 1 saturated heterocycles. The molecule has 0 spiro atoms. The lowest BCUT2D eigenvalue weighted by Crippen LogP contribution is -2.51. The van der Waals surface area contributed by atoms with Crippen LogP contribution in [0, 0.1) is 5.92 Å². The molecule has 0 N–H and O–H groups in total. The molecule has 0 bridgehead atoms. The molecule has 0 saturated carbocycles. The Morgan fingerprint density at radius 1 is 1.25 bits per heavy atom. The minimum atomic E-state index is -4.56. The molecular formula is C13H22F4N2O. The van der Waals surface area contributed by atoms with Crippen LogP contribution in [0.5, 0.6) is 0 Å². The number of rotatable bonds is 6. The summed E-state index contributed by atoms with van der Waals surface area (Å²) < 4.78 is 50.3. The van der Waals surface area contributed by atoms with Crippen LogP contribution in [-0.4, -0.2) is 60.8 Å². The predicted molar refractivity (Wildman–Crippen MR) is 68.0 cm³/mol. The second-order valence-corrected chi connectivity index (χ2v) is 5.15. The molecule has 0 atom stereocenters. The standard InChI is InChI=1S/C13H22F4N2O/c1-3-18(4-2)9-10-5-7-19(8-6-10)12(20)13(16,17)11(14)15/h10-11H,3-9H2,1-2H3. The molecule has 1 fully saturated rings. The number of halogens is 4. The molecule has 0 aliphatic carbocycles. The van der Waals surface area contributed by atoms with Gasteiger partial charge in [0.25, 0.3) is 5.91 Å². The Hall–Kier alpha value is -0.850. The zero-order chi connectivity index (χ0) is 15.3. The molecule has 3 nitrogen and oxygen atoms in total. The van der Waals surface area contributed by atoms with Crippen molar-refractivity contribution in [2.45, 2.75) is 39.0 Å². The molecule has 20 heavy (non-hydrogen) atoms. The van der Waals surface area contributed by atoms with Crippen molar-refractivity contribution in [3.8, 4) is 0 Å². The van der Waals surface area contributed by atoms with Gasteiger partial charge >= 0.3 is 12.3 Å². The van der Waals surface area contributed by atoms with Gasteiger partial charge in [0, 0.05) is 19.6 Å². The van der Waals surface area contributed by atoms with Crippen molar-refractivity contribution < 1.29 is 22.4 Å².